The fourth-order valence-corrected chi connectivity index (χ4v) is 3.00. The molecule has 3 N–H and O–H groups in total. The van der Waals surface area contributed by atoms with E-state index in [9.17, 15) is 5.11 Å². The Bertz CT molecular complexity index is 383. The monoisotopic (exact) mass is 279 g/mol. The first-order chi connectivity index (χ1) is 9.11. The quantitative estimate of drug-likeness (QED) is 0.740. The molecule has 1 aromatic rings. The molecular weight excluding hydrogens is 250 g/mol. The third-order valence-corrected chi connectivity index (χ3v) is 3.45. The van der Waals surface area contributed by atoms with E-state index in [0.717, 1.165) is 18.4 Å². The molecule has 0 aliphatic carbocycles. The van der Waals surface area contributed by atoms with Crippen LogP contribution in [0.15, 0.2) is 30.3 Å². The lowest BCUT2D eigenvalue weighted by molar-refractivity contribution is 0.0396. The van der Waals surface area contributed by atoms with E-state index in [1.165, 1.54) is 0 Å². The van der Waals surface area contributed by atoms with Crippen molar-refractivity contribution in [3.63, 3.8) is 0 Å². The fourth-order valence-electron chi connectivity index (χ4n) is 3.00. The van der Waals surface area contributed by atoms with Gasteiger partial charge in [-0.05, 0) is 53.0 Å². The average molecular weight is 279 g/mol. The summed E-state index contributed by atoms with van der Waals surface area (Å²) in [7, 11) is 0. The van der Waals surface area contributed by atoms with Crippen LogP contribution in [0, 0.1) is 0 Å². The van der Waals surface area contributed by atoms with E-state index in [1.807, 2.05) is 30.3 Å². The smallest absolute Gasteiger partial charge is 0.0761 e. The van der Waals surface area contributed by atoms with Gasteiger partial charge in [0.15, 0.2) is 0 Å². The zero-order valence-electron chi connectivity index (χ0n) is 13.4. The Labute approximate surface area is 123 Å². The second-order valence-corrected chi connectivity index (χ2v) is 7.04. The molecule has 0 amide bonds. The van der Waals surface area contributed by atoms with Crippen LogP contribution < -0.4 is 5.32 Å². The van der Waals surface area contributed by atoms with Gasteiger partial charge in [-0.3, -0.25) is 0 Å². The summed E-state index contributed by atoms with van der Waals surface area (Å²) in [6.45, 7) is 10.3. The van der Waals surface area contributed by atoms with E-state index >= 15 is 0 Å². The molecule has 0 spiro atoms. The molecule has 20 heavy (non-hydrogen) atoms. The van der Waals surface area contributed by atoms with E-state index in [4.69, 9.17) is 5.11 Å². The maximum absolute atomic E-state index is 9.54. The van der Waals surface area contributed by atoms with Crippen molar-refractivity contribution < 1.29 is 10.2 Å². The van der Waals surface area contributed by atoms with Gasteiger partial charge in [0.25, 0.3) is 0 Å². The van der Waals surface area contributed by atoms with Crippen LogP contribution in [-0.2, 0) is 0 Å². The third-order valence-electron chi connectivity index (χ3n) is 3.45. The molecule has 3 nitrogen and oxygen atoms in total. The largest absolute Gasteiger partial charge is 0.393 e. The number of aliphatic hydroxyl groups excluding tert-OH is 2. The first-order valence-electron chi connectivity index (χ1n) is 7.32. The van der Waals surface area contributed by atoms with Crippen LogP contribution in [-0.4, -0.2) is 27.4 Å². The van der Waals surface area contributed by atoms with Crippen molar-refractivity contribution in [2.75, 3.05) is 0 Å². The summed E-state index contributed by atoms with van der Waals surface area (Å²) in [5.41, 5.74) is 1.14. The summed E-state index contributed by atoms with van der Waals surface area (Å²) in [4.78, 5) is 0. The van der Waals surface area contributed by atoms with Crippen LogP contribution in [0.5, 0.6) is 0 Å². The van der Waals surface area contributed by atoms with Crippen molar-refractivity contribution >= 4 is 0 Å². The highest BCUT2D eigenvalue weighted by molar-refractivity contribution is 5.16. The van der Waals surface area contributed by atoms with Gasteiger partial charge in [-0.1, -0.05) is 30.3 Å². The topological polar surface area (TPSA) is 52.5 Å². The van der Waals surface area contributed by atoms with Gasteiger partial charge in [-0.15, -0.1) is 0 Å². The minimum atomic E-state index is -0.341. The number of aliphatic hydroxyl groups is 2. The van der Waals surface area contributed by atoms with Crippen molar-refractivity contribution in [2.45, 2.75) is 70.7 Å². The standard InChI is InChI=1S/C9H19NO.C8H10O/c1-8(2)5-7(11)6-9(3,4)10-8;1-7(9)8-5-3-2-4-6-8/h7,10-11H,5-6H2,1-4H3;2-7,9H,1H3. The molecule has 1 heterocycles. The van der Waals surface area contributed by atoms with E-state index in [-0.39, 0.29) is 23.3 Å². The fraction of sp³-hybridized carbons (Fsp3) is 0.647. The Balaban J connectivity index is 0.000000204. The zero-order valence-corrected chi connectivity index (χ0v) is 13.4. The van der Waals surface area contributed by atoms with Gasteiger partial charge in [-0.2, -0.15) is 0 Å². The molecule has 0 radical (unpaired) electrons. The SMILES string of the molecule is CC(O)c1ccccc1.CC1(C)CC(O)CC(C)(C)N1. The highest BCUT2D eigenvalue weighted by Gasteiger charge is 2.36. The molecular formula is C17H29NO2. The second kappa shape index (κ2) is 6.70. The Morgan fingerprint density at radius 2 is 1.50 bits per heavy atom. The van der Waals surface area contributed by atoms with Gasteiger partial charge in [0.05, 0.1) is 12.2 Å². The molecule has 0 bridgehead atoms. The van der Waals surface area contributed by atoms with Crippen LogP contribution in [0.1, 0.15) is 59.1 Å². The molecule has 1 atom stereocenters. The summed E-state index contributed by atoms with van der Waals surface area (Å²) >= 11 is 0. The van der Waals surface area contributed by atoms with Crippen LogP contribution in [0.3, 0.4) is 0 Å². The number of benzene rings is 1. The highest BCUT2D eigenvalue weighted by atomic mass is 16.3. The molecule has 114 valence electrons. The minimum absolute atomic E-state index is 0.0845. The molecule has 3 heteroatoms. The third kappa shape index (κ3) is 6.04. The summed E-state index contributed by atoms with van der Waals surface area (Å²) in [5.74, 6) is 0. The molecule has 1 unspecified atom stereocenters. The van der Waals surface area contributed by atoms with Gasteiger partial charge in [0.2, 0.25) is 0 Å². The van der Waals surface area contributed by atoms with Crippen molar-refractivity contribution in [3.8, 4) is 0 Å². The molecule has 0 aromatic heterocycles. The molecule has 1 fully saturated rings. The van der Waals surface area contributed by atoms with Crippen molar-refractivity contribution in [3.05, 3.63) is 35.9 Å². The first-order valence-corrected chi connectivity index (χ1v) is 7.32. The van der Waals surface area contributed by atoms with Crippen LogP contribution in [0.2, 0.25) is 0 Å². The number of piperidine rings is 1. The van der Waals surface area contributed by atoms with Gasteiger partial charge in [0, 0.05) is 11.1 Å². The molecule has 1 aromatic carbocycles. The van der Waals surface area contributed by atoms with Gasteiger partial charge in [-0.25, -0.2) is 0 Å². The summed E-state index contributed by atoms with van der Waals surface area (Å²) < 4.78 is 0. The first kappa shape index (κ1) is 17.2. The second-order valence-electron chi connectivity index (χ2n) is 7.04. The van der Waals surface area contributed by atoms with Crippen molar-refractivity contribution in [1.29, 1.82) is 0 Å². The molecule has 0 saturated carbocycles. The van der Waals surface area contributed by atoms with E-state index in [1.54, 1.807) is 6.92 Å². The average Bonchev–Trinajstić information content (AvgIpc) is 2.25. The number of rotatable bonds is 1. The lowest BCUT2D eigenvalue weighted by atomic mass is 9.81. The molecule has 1 aliphatic heterocycles. The van der Waals surface area contributed by atoms with E-state index in [0.29, 0.717) is 0 Å². The number of hydrogen-bond donors (Lipinski definition) is 3. The Morgan fingerprint density at radius 1 is 1.05 bits per heavy atom. The van der Waals surface area contributed by atoms with Crippen molar-refractivity contribution in [1.82, 2.24) is 5.32 Å². The lowest BCUT2D eigenvalue weighted by Crippen LogP contribution is -2.59. The minimum Gasteiger partial charge on any atom is -0.393 e. The van der Waals surface area contributed by atoms with Gasteiger partial charge >= 0.3 is 0 Å². The Hall–Kier alpha value is -0.900. The zero-order chi connectivity index (χ0) is 15.4. The summed E-state index contributed by atoms with van der Waals surface area (Å²) in [5, 5.41) is 22.1. The Morgan fingerprint density at radius 3 is 1.80 bits per heavy atom. The number of nitrogens with one attached hydrogen (secondary N) is 1. The van der Waals surface area contributed by atoms with Gasteiger partial charge in [0.1, 0.15) is 0 Å². The predicted molar refractivity (Wildman–Crippen MR) is 83.6 cm³/mol. The molecule has 2 rings (SSSR count). The van der Waals surface area contributed by atoms with Crippen LogP contribution in [0.25, 0.3) is 0 Å². The van der Waals surface area contributed by atoms with E-state index in [2.05, 4.69) is 33.0 Å². The maximum Gasteiger partial charge on any atom is 0.0761 e. The highest BCUT2D eigenvalue weighted by Crippen LogP contribution is 2.27. The summed E-state index contributed by atoms with van der Waals surface area (Å²) in [6, 6.07) is 9.59. The van der Waals surface area contributed by atoms with E-state index < -0.39 is 0 Å². The van der Waals surface area contributed by atoms with Crippen LogP contribution in [0.4, 0.5) is 0 Å². The maximum atomic E-state index is 9.54. The van der Waals surface area contributed by atoms with Crippen molar-refractivity contribution in [2.24, 2.45) is 0 Å². The number of hydrogen-bond acceptors (Lipinski definition) is 3. The normalized spacial score (nSPS) is 22.6. The molecule has 1 saturated heterocycles. The molecule has 1 aliphatic rings. The lowest BCUT2D eigenvalue weighted by Gasteiger charge is -2.44. The van der Waals surface area contributed by atoms with Gasteiger partial charge < -0.3 is 15.5 Å². The van der Waals surface area contributed by atoms with Crippen LogP contribution >= 0.6 is 0 Å². The Kier molecular flexibility index (Phi) is 5.75. The predicted octanol–water partition coefficient (Wildman–Crippen LogP) is 3.03. The summed E-state index contributed by atoms with van der Waals surface area (Å²) in [6.07, 6.45) is 1.24.